The molecule has 3 aromatic carbocycles. The SMILES string of the molecule is CCOc1cccc(C=Nc2ccc(O)c(-c3nc4cc(C)ccc4o3)c2)c1O. The minimum atomic E-state index is 0.0337. The molecule has 0 aliphatic rings. The number of aliphatic imine (C=N–C) groups is 1. The molecule has 0 radical (unpaired) electrons. The highest BCUT2D eigenvalue weighted by atomic mass is 16.5. The van der Waals surface area contributed by atoms with Crippen LogP contribution in [0, 0.1) is 6.92 Å². The van der Waals surface area contributed by atoms with Gasteiger partial charge in [0, 0.05) is 11.8 Å². The topological polar surface area (TPSA) is 88.1 Å². The van der Waals surface area contributed by atoms with E-state index in [0.717, 1.165) is 11.1 Å². The number of aromatic hydroxyl groups is 2. The van der Waals surface area contributed by atoms with Crippen LogP contribution in [0.15, 0.2) is 64.0 Å². The van der Waals surface area contributed by atoms with Crippen molar-refractivity contribution in [3.8, 4) is 28.7 Å². The Hall–Kier alpha value is -3.80. The van der Waals surface area contributed by atoms with Gasteiger partial charge in [0.15, 0.2) is 17.1 Å². The summed E-state index contributed by atoms with van der Waals surface area (Å²) in [7, 11) is 0. The zero-order valence-corrected chi connectivity index (χ0v) is 16.1. The van der Waals surface area contributed by atoms with Gasteiger partial charge in [-0.25, -0.2) is 4.98 Å². The van der Waals surface area contributed by atoms with E-state index in [2.05, 4.69) is 9.98 Å². The fraction of sp³-hybridized carbons (Fsp3) is 0.130. The molecule has 1 heterocycles. The fourth-order valence-corrected chi connectivity index (χ4v) is 2.99. The number of fused-ring (bicyclic) bond motifs is 1. The molecule has 0 saturated heterocycles. The molecule has 146 valence electrons. The van der Waals surface area contributed by atoms with Gasteiger partial charge in [0.2, 0.25) is 5.89 Å². The molecule has 0 spiro atoms. The second-order valence-corrected chi connectivity index (χ2v) is 6.58. The summed E-state index contributed by atoms with van der Waals surface area (Å²) in [5.41, 5.74) is 4.01. The Bertz CT molecular complexity index is 1210. The van der Waals surface area contributed by atoms with Crippen LogP contribution in [0.4, 0.5) is 5.69 Å². The number of aromatic nitrogens is 1. The van der Waals surface area contributed by atoms with Gasteiger partial charge < -0.3 is 19.4 Å². The summed E-state index contributed by atoms with van der Waals surface area (Å²) in [6.07, 6.45) is 1.55. The number of oxazole rings is 1. The lowest BCUT2D eigenvalue weighted by Crippen LogP contribution is -1.93. The summed E-state index contributed by atoms with van der Waals surface area (Å²) in [6, 6.07) is 15.9. The van der Waals surface area contributed by atoms with Crippen molar-refractivity contribution in [3.63, 3.8) is 0 Å². The highest BCUT2D eigenvalue weighted by Crippen LogP contribution is 2.35. The molecule has 4 aromatic rings. The number of phenolic OH excluding ortho intramolecular Hbond substituents is 2. The summed E-state index contributed by atoms with van der Waals surface area (Å²) in [6.45, 7) is 4.29. The molecule has 0 saturated carbocycles. The Kier molecular flexibility index (Phi) is 4.91. The van der Waals surface area contributed by atoms with Gasteiger partial charge in [-0.1, -0.05) is 12.1 Å². The number of hydrogen-bond acceptors (Lipinski definition) is 6. The van der Waals surface area contributed by atoms with Crippen molar-refractivity contribution in [2.24, 2.45) is 4.99 Å². The Labute approximate surface area is 167 Å². The van der Waals surface area contributed by atoms with Crippen molar-refractivity contribution in [2.75, 3.05) is 6.61 Å². The van der Waals surface area contributed by atoms with E-state index in [9.17, 15) is 10.2 Å². The highest BCUT2D eigenvalue weighted by Gasteiger charge is 2.13. The van der Waals surface area contributed by atoms with Crippen LogP contribution in [0.1, 0.15) is 18.1 Å². The van der Waals surface area contributed by atoms with Gasteiger partial charge in [-0.05, 0) is 61.9 Å². The quantitative estimate of drug-likeness (QED) is 0.449. The van der Waals surface area contributed by atoms with Crippen molar-refractivity contribution < 1.29 is 19.4 Å². The highest BCUT2D eigenvalue weighted by molar-refractivity contribution is 5.87. The van der Waals surface area contributed by atoms with E-state index >= 15 is 0 Å². The minimum Gasteiger partial charge on any atom is -0.507 e. The summed E-state index contributed by atoms with van der Waals surface area (Å²) in [5.74, 6) is 0.811. The Balaban J connectivity index is 1.68. The monoisotopic (exact) mass is 388 g/mol. The molecule has 0 aliphatic heterocycles. The Morgan fingerprint density at radius 3 is 2.79 bits per heavy atom. The number of nitrogens with zero attached hydrogens (tertiary/aromatic N) is 2. The molecule has 0 atom stereocenters. The van der Waals surface area contributed by atoms with Crippen molar-refractivity contribution in [3.05, 3.63) is 65.7 Å². The van der Waals surface area contributed by atoms with E-state index < -0.39 is 0 Å². The zero-order valence-electron chi connectivity index (χ0n) is 16.1. The van der Waals surface area contributed by atoms with Gasteiger partial charge in [0.05, 0.1) is 17.9 Å². The summed E-state index contributed by atoms with van der Waals surface area (Å²) < 4.78 is 11.2. The molecule has 0 aliphatic carbocycles. The van der Waals surface area contributed by atoms with E-state index in [1.54, 1.807) is 42.6 Å². The maximum Gasteiger partial charge on any atom is 0.231 e. The maximum atomic E-state index is 10.3. The normalized spacial score (nSPS) is 11.4. The number of phenols is 2. The predicted octanol–water partition coefficient (Wildman–Crippen LogP) is 5.36. The van der Waals surface area contributed by atoms with Crippen LogP contribution < -0.4 is 4.74 Å². The van der Waals surface area contributed by atoms with Crippen LogP contribution >= 0.6 is 0 Å². The average molecular weight is 388 g/mol. The third-order valence-electron chi connectivity index (χ3n) is 4.44. The van der Waals surface area contributed by atoms with Crippen LogP contribution in [0.3, 0.4) is 0 Å². The number of aryl methyl sites for hydroxylation is 1. The smallest absolute Gasteiger partial charge is 0.231 e. The molecule has 2 N–H and O–H groups in total. The first-order valence-corrected chi connectivity index (χ1v) is 9.24. The Morgan fingerprint density at radius 1 is 1.10 bits per heavy atom. The van der Waals surface area contributed by atoms with E-state index in [0.29, 0.717) is 40.6 Å². The van der Waals surface area contributed by atoms with Gasteiger partial charge >= 0.3 is 0 Å². The molecule has 4 rings (SSSR count). The van der Waals surface area contributed by atoms with Crippen LogP contribution in [-0.2, 0) is 0 Å². The van der Waals surface area contributed by atoms with Crippen LogP contribution in [0.5, 0.6) is 17.2 Å². The number of rotatable bonds is 5. The molecule has 29 heavy (non-hydrogen) atoms. The van der Waals surface area contributed by atoms with E-state index in [-0.39, 0.29) is 11.5 Å². The van der Waals surface area contributed by atoms with Gasteiger partial charge in [0.25, 0.3) is 0 Å². The fourth-order valence-electron chi connectivity index (χ4n) is 2.99. The second kappa shape index (κ2) is 7.67. The van der Waals surface area contributed by atoms with E-state index in [1.165, 1.54) is 0 Å². The molecule has 0 amide bonds. The standard InChI is InChI=1S/C23H20N2O4/c1-3-28-21-6-4-5-15(22(21)27)13-24-16-8-9-19(26)17(12-16)23-25-18-11-14(2)7-10-20(18)29-23/h4-13,26-27H,3H2,1-2H3. The first kappa shape index (κ1) is 18.6. The van der Waals surface area contributed by atoms with Gasteiger partial charge in [-0.15, -0.1) is 0 Å². The van der Waals surface area contributed by atoms with Crippen molar-refractivity contribution in [1.82, 2.24) is 4.98 Å². The first-order valence-electron chi connectivity index (χ1n) is 9.24. The summed E-state index contributed by atoms with van der Waals surface area (Å²) in [5, 5.41) is 20.6. The summed E-state index contributed by atoms with van der Waals surface area (Å²) >= 11 is 0. The van der Waals surface area contributed by atoms with E-state index in [1.807, 2.05) is 32.0 Å². The molecule has 0 unspecified atom stereocenters. The lowest BCUT2D eigenvalue weighted by Gasteiger charge is -2.07. The van der Waals surface area contributed by atoms with E-state index in [4.69, 9.17) is 9.15 Å². The van der Waals surface area contributed by atoms with Crippen LogP contribution in [-0.4, -0.2) is 28.0 Å². The molecule has 0 fully saturated rings. The molecule has 6 nitrogen and oxygen atoms in total. The lowest BCUT2D eigenvalue weighted by atomic mass is 10.1. The van der Waals surface area contributed by atoms with Crippen molar-refractivity contribution in [2.45, 2.75) is 13.8 Å². The predicted molar refractivity (Wildman–Crippen MR) is 112 cm³/mol. The third-order valence-corrected chi connectivity index (χ3v) is 4.44. The molecule has 6 heteroatoms. The summed E-state index contributed by atoms with van der Waals surface area (Å²) in [4.78, 5) is 8.89. The third kappa shape index (κ3) is 3.78. The molecular formula is C23H20N2O4. The average Bonchev–Trinajstić information content (AvgIpc) is 3.12. The van der Waals surface area contributed by atoms with Crippen LogP contribution in [0.25, 0.3) is 22.6 Å². The van der Waals surface area contributed by atoms with Crippen LogP contribution in [0.2, 0.25) is 0 Å². The molecule has 0 bridgehead atoms. The number of para-hydroxylation sites is 1. The number of ether oxygens (including phenoxy) is 1. The van der Waals surface area contributed by atoms with Gasteiger partial charge in [-0.2, -0.15) is 0 Å². The number of benzene rings is 3. The number of hydrogen-bond donors (Lipinski definition) is 2. The molecular weight excluding hydrogens is 368 g/mol. The second-order valence-electron chi connectivity index (χ2n) is 6.58. The molecule has 1 aromatic heterocycles. The Morgan fingerprint density at radius 2 is 1.97 bits per heavy atom. The zero-order chi connectivity index (χ0) is 20.4. The van der Waals surface area contributed by atoms with Crippen molar-refractivity contribution in [1.29, 1.82) is 0 Å². The van der Waals surface area contributed by atoms with Gasteiger partial charge in [0.1, 0.15) is 11.3 Å². The minimum absolute atomic E-state index is 0.0337. The lowest BCUT2D eigenvalue weighted by molar-refractivity contribution is 0.318. The first-order chi connectivity index (χ1) is 14.0. The van der Waals surface area contributed by atoms with Crippen molar-refractivity contribution >= 4 is 23.0 Å². The van der Waals surface area contributed by atoms with Gasteiger partial charge in [-0.3, -0.25) is 4.99 Å². The largest absolute Gasteiger partial charge is 0.507 e. The maximum absolute atomic E-state index is 10.3.